The van der Waals surface area contributed by atoms with E-state index in [0.717, 1.165) is 5.69 Å². The highest BCUT2D eigenvalue weighted by Gasteiger charge is 2.20. The van der Waals surface area contributed by atoms with E-state index in [2.05, 4.69) is 217 Å². The minimum Gasteiger partial charge on any atom is -0.309 e. The van der Waals surface area contributed by atoms with Crippen molar-refractivity contribution >= 4 is 54.1 Å². The molecule has 0 spiro atoms. The van der Waals surface area contributed by atoms with Crippen LogP contribution in [0.15, 0.2) is 212 Å². The topological polar surface area (TPSA) is 4.93 Å². The van der Waals surface area contributed by atoms with Gasteiger partial charge in [-0.15, -0.1) is 0 Å². The summed E-state index contributed by atoms with van der Waals surface area (Å²) in [7, 11) is 0. The molecule has 0 fully saturated rings. The van der Waals surface area contributed by atoms with Crippen molar-refractivity contribution in [3.05, 3.63) is 212 Å². The summed E-state index contributed by atoms with van der Waals surface area (Å²) in [5.41, 5.74) is 13.4. The van der Waals surface area contributed by atoms with Gasteiger partial charge in [0.25, 0.3) is 0 Å². The van der Waals surface area contributed by atoms with E-state index in [1.54, 1.807) is 0 Å². The van der Waals surface area contributed by atoms with Crippen LogP contribution in [0.3, 0.4) is 0 Å². The van der Waals surface area contributed by atoms with Crippen LogP contribution in [-0.2, 0) is 0 Å². The Labute approximate surface area is 320 Å². The molecule has 0 radical (unpaired) electrons. The largest absolute Gasteiger partial charge is 0.309 e. The molecular formula is C54H35N. The van der Waals surface area contributed by atoms with Gasteiger partial charge in [0, 0.05) is 16.5 Å². The predicted molar refractivity (Wildman–Crippen MR) is 235 cm³/mol. The number of aromatic nitrogens is 1. The Morgan fingerprint density at radius 2 is 0.709 bits per heavy atom. The molecule has 10 aromatic carbocycles. The van der Waals surface area contributed by atoms with Gasteiger partial charge in [-0.3, -0.25) is 0 Å². The molecule has 0 bridgehead atoms. The zero-order valence-corrected chi connectivity index (χ0v) is 30.2. The van der Waals surface area contributed by atoms with E-state index in [4.69, 9.17) is 0 Å². The van der Waals surface area contributed by atoms with E-state index >= 15 is 0 Å². The maximum Gasteiger partial charge on any atom is 0.0541 e. The lowest BCUT2D eigenvalue weighted by atomic mass is 9.83. The highest BCUT2D eigenvalue weighted by atomic mass is 15.0. The van der Waals surface area contributed by atoms with Gasteiger partial charge in [-0.2, -0.15) is 0 Å². The zero-order valence-electron chi connectivity index (χ0n) is 30.2. The van der Waals surface area contributed by atoms with E-state index in [0.29, 0.717) is 0 Å². The van der Waals surface area contributed by atoms with Gasteiger partial charge >= 0.3 is 0 Å². The minimum atomic E-state index is 1.16. The number of nitrogens with zero attached hydrogens (tertiary/aromatic N) is 1. The van der Waals surface area contributed by atoms with Gasteiger partial charge in [0.05, 0.1) is 11.0 Å². The van der Waals surface area contributed by atoms with Crippen molar-refractivity contribution in [1.82, 2.24) is 4.57 Å². The van der Waals surface area contributed by atoms with Crippen molar-refractivity contribution in [3.8, 4) is 50.2 Å². The van der Waals surface area contributed by atoms with Crippen LogP contribution in [0, 0.1) is 0 Å². The van der Waals surface area contributed by atoms with Crippen LogP contribution in [0.2, 0.25) is 0 Å². The summed E-state index contributed by atoms with van der Waals surface area (Å²) in [4.78, 5) is 0. The van der Waals surface area contributed by atoms with Gasteiger partial charge in [0.2, 0.25) is 0 Å². The van der Waals surface area contributed by atoms with Crippen molar-refractivity contribution in [2.45, 2.75) is 0 Å². The first-order valence-corrected chi connectivity index (χ1v) is 19.0. The second kappa shape index (κ2) is 12.7. The zero-order chi connectivity index (χ0) is 36.3. The standard InChI is InChI=1S/C54H35N/c1-4-14-36(15-5-1)40-27-30-47-49(33-40)53(42-25-24-38-18-10-11-19-39(38)32-42)46-29-26-41(37-16-6-2-7-17-37)34-50(46)54(47)43-28-31-52-48(35-43)45-22-12-13-23-51(45)55(52)44-20-8-3-9-21-44/h1-35H. The van der Waals surface area contributed by atoms with Crippen LogP contribution in [0.1, 0.15) is 0 Å². The van der Waals surface area contributed by atoms with E-state index < -0.39 is 0 Å². The van der Waals surface area contributed by atoms with Crippen LogP contribution in [-0.4, -0.2) is 4.57 Å². The molecule has 0 N–H and O–H groups in total. The highest BCUT2D eigenvalue weighted by molar-refractivity contribution is 6.23. The Hall–Kier alpha value is -7.22. The van der Waals surface area contributed by atoms with Gasteiger partial charge in [-0.1, -0.05) is 164 Å². The van der Waals surface area contributed by atoms with Gasteiger partial charge < -0.3 is 4.57 Å². The van der Waals surface area contributed by atoms with Gasteiger partial charge in [0.15, 0.2) is 0 Å². The fourth-order valence-electron chi connectivity index (χ4n) is 8.80. The maximum atomic E-state index is 2.43. The van der Waals surface area contributed by atoms with Gasteiger partial charge in [-0.25, -0.2) is 0 Å². The molecule has 1 aromatic heterocycles. The van der Waals surface area contributed by atoms with Crippen LogP contribution in [0.5, 0.6) is 0 Å². The summed E-state index contributed by atoms with van der Waals surface area (Å²) in [5.74, 6) is 0. The summed E-state index contributed by atoms with van der Waals surface area (Å²) in [6.07, 6.45) is 0. The third-order valence-corrected chi connectivity index (χ3v) is 11.3. The summed E-state index contributed by atoms with van der Waals surface area (Å²) < 4.78 is 2.40. The lowest BCUT2D eigenvalue weighted by molar-refractivity contribution is 1.18. The monoisotopic (exact) mass is 697 g/mol. The van der Waals surface area contributed by atoms with Crippen LogP contribution in [0.4, 0.5) is 0 Å². The minimum absolute atomic E-state index is 1.16. The summed E-state index contributed by atoms with van der Waals surface area (Å²) in [6.45, 7) is 0. The molecule has 0 amide bonds. The Morgan fingerprint density at radius 3 is 1.36 bits per heavy atom. The third-order valence-electron chi connectivity index (χ3n) is 11.3. The second-order valence-corrected chi connectivity index (χ2v) is 14.5. The fraction of sp³-hybridized carbons (Fsp3) is 0. The second-order valence-electron chi connectivity index (χ2n) is 14.5. The molecule has 256 valence electrons. The molecule has 0 saturated heterocycles. The van der Waals surface area contributed by atoms with Gasteiger partial charge in [-0.05, 0) is 125 Å². The van der Waals surface area contributed by atoms with Crippen LogP contribution >= 0.6 is 0 Å². The quantitative estimate of drug-likeness (QED) is 0.158. The van der Waals surface area contributed by atoms with E-state index in [1.165, 1.54) is 98.6 Å². The molecule has 11 rings (SSSR count). The number of hydrogen-bond acceptors (Lipinski definition) is 0. The summed E-state index contributed by atoms with van der Waals surface area (Å²) in [6, 6.07) is 77.9. The van der Waals surface area contributed by atoms with Crippen molar-refractivity contribution in [1.29, 1.82) is 0 Å². The summed E-state index contributed by atoms with van der Waals surface area (Å²) in [5, 5.41) is 9.97. The number of para-hydroxylation sites is 2. The molecule has 0 aliphatic carbocycles. The number of benzene rings is 10. The smallest absolute Gasteiger partial charge is 0.0541 e. The molecule has 1 heteroatoms. The molecule has 0 aliphatic rings. The molecule has 11 aromatic rings. The van der Waals surface area contributed by atoms with Crippen LogP contribution < -0.4 is 0 Å². The third kappa shape index (κ3) is 5.16. The van der Waals surface area contributed by atoms with Crippen molar-refractivity contribution < 1.29 is 0 Å². The van der Waals surface area contributed by atoms with Crippen molar-refractivity contribution in [2.24, 2.45) is 0 Å². The normalized spacial score (nSPS) is 11.6. The molecule has 0 atom stereocenters. The molecule has 1 nitrogen and oxygen atoms in total. The van der Waals surface area contributed by atoms with E-state index in [1.807, 2.05) is 0 Å². The van der Waals surface area contributed by atoms with E-state index in [9.17, 15) is 0 Å². The SMILES string of the molecule is c1ccc(-c2ccc3c(-c4ccc5c(c4)c4ccccc4n5-c4ccccc4)c4cc(-c5ccccc5)ccc4c(-c4ccc5ccccc5c4)c3c2)cc1. The summed E-state index contributed by atoms with van der Waals surface area (Å²) >= 11 is 0. The predicted octanol–water partition coefficient (Wildman–Crippen LogP) is 14.9. The lowest BCUT2D eigenvalue weighted by Gasteiger charge is -2.20. The first kappa shape index (κ1) is 31.3. The first-order valence-electron chi connectivity index (χ1n) is 19.0. The first-order chi connectivity index (χ1) is 27.3. The molecule has 0 unspecified atom stereocenters. The number of rotatable bonds is 5. The Bertz CT molecular complexity index is 3230. The Kier molecular flexibility index (Phi) is 7.25. The average Bonchev–Trinajstić information content (AvgIpc) is 3.59. The Balaban J connectivity index is 1.27. The Morgan fingerprint density at radius 1 is 0.236 bits per heavy atom. The maximum absolute atomic E-state index is 2.43. The fourth-order valence-corrected chi connectivity index (χ4v) is 8.80. The molecular weight excluding hydrogens is 663 g/mol. The van der Waals surface area contributed by atoms with Crippen molar-refractivity contribution in [2.75, 3.05) is 0 Å². The molecule has 0 aliphatic heterocycles. The number of hydrogen-bond donors (Lipinski definition) is 0. The lowest BCUT2D eigenvalue weighted by Crippen LogP contribution is -1.94. The van der Waals surface area contributed by atoms with Gasteiger partial charge in [0.1, 0.15) is 0 Å². The molecule has 55 heavy (non-hydrogen) atoms. The average molecular weight is 698 g/mol. The highest BCUT2D eigenvalue weighted by Crippen LogP contribution is 2.47. The molecule has 0 saturated carbocycles. The number of fused-ring (bicyclic) bond motifs is 6. The van der Waals surface area contributed by atoms with Crippen LogP contribution in [0.25, 0.3) is 104 Å². The van der Waals surface area contributed by atoms with Crippen molar-refractivity contribution in [3.63, 3.8) is 0 Å². The van der Waals surface area contributed by atoms with E-state index in [-0.39, 0.29) is 0 Å². The molecule has 1 heterocycles.